The molecule has 0 saturated carbocycles. The third-order valence-electron chi connectivity index (χ3n) is 3.47. The Balaban J connectivity index is 1.93. The first-order chi connectivity index (χ1) is 11.3. The van der Waals surface area contributed by atoms with Gasteiger partial charge in [0.05, 0.1) is 18.8 Å². The van der Waals surface area contributed by atoms with Crippen molar-refractivity contribution < 1.29 is 19.1 Å². The average Bonchev–Trinajstić information content (AvgIpc) is 2.54. The minimum Gasteiger partial charge on any atom is -0.449 e. The molecule has 24 heavy (non-hydrogen) atoms. The molecule has 1 aromatic rings. The van der Waals surface area contributed by atoms with Gasteiger partial charge in [0, 0.05) is 24.8 Å². The average molecular weight is 335 g/mol. The lowest BCUT2D eigenvalue weighted by molar-refractivity contribution is -0.130. The molecule has 0 unspecified atom stereocenters. The maximum absolute atomic E-state index is 12.1. The maximum atomic E-state index is 12.1. The van der Waals surface area contributed by atoms with Gasteiger partial charge >= 0.3 is 5.97 Å². The van der Waals surface area contributed by atoms with E-state index in [0.29, 0.717) is 18.8 Å². The Morgan fingerprint density at radius 2 is 1.96 bits per heavy atom. The van der Waals surface area contributed by atoms with E-state index in [2.05, 4.69) is 15.2 Å². The molecule has 0 radical (unpaired) electrons. The van der Waals surface area contributed by atoms with Crippen molar-refractivity contribution in [3.63, 3.8) is 0 Å². The molecule has 0 spiro atoms. The first-order valence-electron chi connectivity index (χ1n) is 8.08. The van der Waals surface area contributed by atoms with E-state index >= 15 is 0 Å². The van der Waals surface area contributed by atoms with Crippen molar-refractivity contribution in [2.75, 3.05) is 31.2 Å². The van der Waals surface area contributed by atoms with Crippen molar-refractivity contribution in [1.82, 2.24) is 10.3 Å². The standard InChI is InChI=1S/C17H25N3O4/c1-12(15(21)19-17(2,3)4)24-16(22)13-5-6-14(18-11-13)20-7-9-23-10-8-20/h5-6,11-12H,7-10H2,1-4H3,(H,19,21)/t12-/m0/s1. The van der Waals surface area contributed by atoms with Gasteiger partial charge in [0.2, 0.25) is 0 Å². The molecule has 0 aromatic carbocycles. The van der Waals surface area contributed by atoms with Crippen LogP contribution in [0.2, 0.25) is 0 Å². The molecule has 0 aliphatic carbocycles. The summed E-state index contributed by atoms with van der Waals surface area (Å²) in [6, 6.07) is 3.44. The fourth-order valence-electron chi connectivity index (χ4n) is 2.24. The highest BCUT2D eigenvalue weighted by Gasteiger charge is 2.23. The van der Waals surface area contributed by atoms with Crippen LogP contribution < -0.4 is 10.2 Å². The summed E-state index contributed by atoms with van der Waals surface area (Å²) in [5, 5.41) is 2.78. The summed E-state index contributed by atoms with van der Waals surface area (Å²) >= 11 is 0. The minimum absolute atomic E-state index is 0.322. The Morgan fingerprint density at radius 1 is 1.29 bits per heavy atom. The highest BCUT2D eigenvalue weighted by atomic mass is 16.5. The van der Waals surface area contributed by atoms with Crippen LogP contribution in [0, 0.1) is 0 Å². The predicted octanol–water partition coefficient (Wildman–Crippen LogP) is 1.38. The fourth-order valence-corrected chi connectivity index (χ4v) is 2.24. The molecule has 7 heteroatoms. The van der Waals surface area contributed by atoms with Crippen molar-refractivity contribution >= 4 is 17.7 Å². The first-order valence-corrected chi connectivity index (χ1v) is 8.08. The van der Waals surface area contributed by atoms with Crippen LogP contribution in [-0.4, -0.2) is 54.8 Å². The van der Waals surface area contributed by atoms with Crippen LogP contribution in [-0.2, 0) is 14.3 Å². The molecular formula is C17H25N3O4. The van der Waals surface area contributed by atoms with Crippen LogP contribution in [0.4, 0.5) is 5.82 Å². The molecule has 1 aliphatic rings. The highest BCUT2D eigenvalue weighted by Crippen LogP contribution is 2.14. The molecule has 1 aliphatic heterocycles. The molecule has 0 bridgehead atoms. The quantitative estimate of drug-likeness (QED) is 0.837. The monoisotopic (exact) mass is 335 g/mol. The summed E-state index contributed by atoms with van der Waals surface area (Å²) in [5.41, 5.74) is -0.0542. The summed E-state index contributed by atoms with van der Waals surface area (Å²) in [6.45, 7) is 10.1. The molecule has 1 aromatic heterocycles. The van der Waals surface area contributed by atoms with Gasteiger partial charge in [-0.25, -0.2) is 9.78 Å². The number of rotatable bonds is 4. The molecule has 1 amide bonds. The lowest BCUT2D eigenvalue weighted by atomic mass is 10.1. The number of amides is 1. The van der Waals surface area contributed by atoms with Crippen molar-refractivity contribution in [1.29, 1.82) is 0 Å². The van der Waals surface area contributed by atoms with E-state index in [1.54, 1.807) is 19.1 Å². The summed E-state index contributed by atoms with van der Waals surface area (Å²) in [7, 11) is 0. The first kappa shape index (κ1) is 18.2. The number of pyridine rings is 1. The number of hydrogen-bond donors (Lipinski definition) is 1. The van der Waals surface area contributed by atoms with Crippen LogP contribution in [0.25, 0.3) is 0 Å². The molecule has 1 saturated heterocycles. The van der Waals surface area contributed by atoms with Crippen LogP contribution in [0.15, 0.2) is 18.3 Å². The number of morpholine rings is 1. The molecule has 2 heterocycles. The van der Waals surface area contributed by atoms with Crippen LogP contribution in [0.1, 0.15) is 38.1 Å². The second-order valence-corrected chi connectivity index (χ2v) is 6.79. The number of nitrogens with zero attached hydrogens (tertiary/aromatic N) is 2. The highest BCUT2D eigenvalue weighted by molar-refractivity contribution is 5.92. The number of carbonyl (C=O) groups excluding carboxylic acids is 2. The van der Waals surface area contributed by atoms with E-state index in [4.69, 9.17) is 9.47 Å². The number of carbonyl (C=O) groups is 2. The Hall–Kier alpha value is -2.15. The summed E-state index contributed by atoms with van der Waals surface area (Å²) in [5.74, 6) is -0.0882. The zero-order valence-electron chi connectivity index (χ0n) is 14.7. The van der Waals surface area contributed by atoms with Crippen LogP contribution in [0.5, 0.6) is 0 Å². The fraction of sp³-hybridized carbons (Fsp3) is 0.588. The smallest absolute Gasteiger partial charge is 0.340 e. The van der Waals surface area contributed by atoms with E-state index in [1.807, 2.05) is 20.8 Å². The topological polar surface area (TPSA) is 80.8 Å². The SMILES string of the molecule is C[C@H](OC(=O)c1ccc(N2CCOCC2)nc1)C(=O)NC(C)(C)C. The Kier molecular flexibility index (Phi) is 5.77. The van der Waals surface area contributed by atoms with Crippen LogP contribution >= 0.6 is 0 Å². The normalized spacial score (nSPS) is 16.4. The van der Waals surface area contributed by atoms with Crippen molar-refractivity contribution in [3.05, 3.63) is 23.9 Å². The zero-order valence-corrected chi connectivity index (χ0v) is 14.7. The van der Waals surface area contributed by atoms with Crippen molar-refractivity contribution in [3.8, 4) is 0 Å². The number of hydrogen-bond acceptors (Lipinski definition) is 6. The number of aromatic nitrogens is 1. The van der Waals surface area contributed by atoms with Gasteiger partial charge in [-0.05, 0) is 39.8 Å². The Bertz CT molecular complexity index is 574. The van der Waals surface area contributed by atoms with Gasteiger partial charge in [-0.1, -0.05) is 0 Å². The maximum Gasteiger partial charge on any atom is 0.340 e. The summed E-state index contributed by atoms with van der Waals surface area (Å²) < 4.78 is 10.5. The van der Waals surface area contributed by atoms with Crippen molar-refractivity contribution in [2.45, 2.75) is 39.3 Å². The van der Waals surface area contributed by atoms with Gasteiger partial charge in [-0.2, -0.15) is 0 Å². The molecule has 2 rings (SSSR count). The van der Waals surface area contributed by atoms with Gasteiger partial charge < -0.3 is 19.7 Å². The summed E-state index contributed by atoms with van der Waals surface area (Å²) in [4.78, 5) is 30.5. The van der Waals surface area contributed by atoms with E-state index in [1.165, 1.54) is 6.20 Å². The zero-order chi connectivity index (χ0) is 17.7. The van der Waals surface area contributed by atoms with E-state index in [-0.39, 0.29) is 11.4 Å². The molecule has 1 fully saturated rings. The number of esters is 1. The number of ether oxygens (including phenoxy) is 2. The second-order valence-electron chi connectivity index (χ2n) is 6.79. The summed E-state index contributed by atoms with van der Waals surface area (Å²) in [6.07, 6.45) is 0.609. The number of nitrogens with one attached hydrogen (secondary N) is 1. The van der Waals surface area contributed by atoms with Gasteiger partial charge in [0.15, 0.2) is 6.10 Å². The molecule has 132 valence electrons. The second kappa shape index (κ2) is 7.61. The third-order valence-corrected chi connectivity index (χ3v) is 3.47. The molecule has 1 atom stereocenters. The van der Waals surface area contributed by atoms with E-state index < -0.39 is 12.1 Å². The lowest BCUT2D eigenvalue weighted by Gasteiger charge is -2.27. The molecular weight excluding hydrogens is 310 g/mol. The Morgan fingerprint density at radius 3 is 2.50 bits per heavy atom. The van der Waals surface area contributed by atoms with Gasteiger partial charge in [0.25, 0.3) is 5.91 Å². The van der Waals surface area contributed by atoms with Gasteiger partial charge in [-0.15, -0.1) is 0 Å². The van der Waals surface area contributed by atoms with Gasteiger partial charge in [0.1, 0.15) is 5.82 Å². The lowest BCUT2D eigenvalue weighted by Crippen LogP contribution is -2.46. The molecule has 7 nitrogen and oxygen atoms in total. The third kappa shape index (κ3) is 5.19. The number of anilines is 1. The largest absolute Gasteiger partial charge is 0.449 e. The minimum atomic E-state index is -0.865. The van der Waals surface area contributed by atoms with Crippen LogP contribution in [0.3, 0.4) is 0 Å². The van der Waals surface area contributed by atoms with E-state index in [9.17, 15) is 9.59 Å². The van der Waals surface area contributed by atoms with Gasteiger partial charge in [-0.3, -0.25) is 4.79 Å². The van der Waals surface area contributed by atoms with E-state index in [0.717, 1.165) is 18.9 Å². The Labute approximate surface area is 142 Å². The predicted molar refractivity (Wildman–Crippen MR) is 90.0 cm³/mol. The molecule has 1 N–H and O–H groups in total. The van der Waals surface area contributed by atoms with Crippen molar-refractivity contribution in [2.24, 2.45) is 0 Å².